The summed E-state index contributed by atoms with van der Waals surface area (Å²) in [6.45, 7) is 0.696. The highest BCUT2D eigenvalue weighted by atomic mass is 16.5. The van der Waals surface area contributed by atoms with E-state index in [9.17, 15) is 9.59 Å². The first-order valence-electron chi connectivity index (χ1n) is 12.5. The number of hydrogen-bond acceptors (Lipinski definition) is 5. The van der Waals surface area contributed by atoms with Crippen molar-refractivity contribution in [2.45, 2.75) is 38.1 Å². The van der Waals surface area contributed by atoms with Crippen molar-refractivity contribution >= 4 is 17.7 Å². The Bertz CT molecular complexity index is 1140. The lowest BCUT2D eigenvalue weighted by Crippen LogP contribution is -2.37. The van der Waals surface area contributed by atoms with Crippen LogP contribution >= 0.6 is 0 Å². The quantitative estimate of drug-likeness (QED) is 0.411. The maximum atomic E-state index is 13.3. The molecule has 188 valence electrons. The summed E-state index contributed by atoms with van der Waals surface area (Å²) in [6, 6.07) is 21.4. The molecule has 2 aromatic carbocycles. The molecule has 0 bridgehead atoms. The van der Waals surface area contributed by atoms with Gasteiger partial charge in [0.05, 0.1) is 18.8 Å². The first-order valence-corrected chi connectivity index (χ1v) is 12.5. The molecule has 1 aliphatic rings. The summed E-state index contributed by atoms with van der Waals surface area (Å²) in [5.41, 5.74) is 10.4. The zero-order valence-corrected chi connectivity index (χ0v) is 20.7. The van der Waals surface area contributed by atoms with Crippen LogP contribution in [0.3, 0.4) is 0 Å². The van der Waals surface area contributed by atoms with Crippen molar-refractivity contribution in [3.63, 3.8) is 0 Å². The van der Waals surface area contributed by atoms with Gasteiger partial charge in [0, 0.05) is 17.8 Å². The SMILES string of the molecule is COC(=O)Nc1ccc(-c2ccnc([C@H](Cc3ccccc3)NC(=O)C3CCC(CN)CC3)c2)cc1. The summed E-state index contributed by atoms with van der Waals surface area (Å²) >= 11 is 0. The van der Waals surface area contributed by atoms with E-state index in [1.54, 1.807) is 6.20 Å². The highest BCUT2D eigenvalue weighted by Crippen LogP contribution is 2.30. The number of amides is 2. The largest absolute Gasteiger partial charge is 0.453 e. The molecule has 36 heavy (non-hydrogen) atoms. The van der Waals surface area contributed by atoms with Gasteiger partial charge in [-0.2, -0.15) is 0 Å². The van der Waals surface area contributed by atoms with E-state index in [0.717, 1.165) is 48.1 Å². The predicted octanol–water partition coefficient (Wildman–Crippen LogP) is 5.09. The van der Waals surface area contributed by atoms with Crippen molar-refractivity contribution in [3.05, 3.63) is 84.2 Å². The minimum absolute atomic E-state index is 0.0177. The zero-order chi connectivity index (χ0) is 25.3. The van der Waals surface area contributed by atoms with E-state index in [1.165, 1.54) is 7.11 Å². The molecule has 1 aromatic heterocycles. The van der Waals surface area contributed by atoms with E-state index in [2.05, 4.69) is 32.5 Å². The van der Waals surface area contributed by atoms with Crippen LogP contribution in [0, 0.1) is 11.8 Å². The van der Waals surface area contributed by atoms with E-state index in [-0.39, 0.29) is 17.9 Å². The Kier molecular flexibility index (Phi) is 8.68. The van der Waals surface area contributed by atoms with Gasteiger partial charge in [-0.1, -0.05) is 42.5 Å². The molecule has 4 rings (SSSR count). The van der Waals surface area contributed by atoms with E-state index < -0.39 is 6.09 Å². The second kappa shape index (κ2) is 12.3. The summed E-state index contributed by atoms with van der Waals surface area (Å²) in [7, 11) is 1.33. The Morgan fingerprint density at radius 3 is 2.39 bits per heavy atom. The Labute approximate surface area is 212 Å². The first-order chi connectivity index (χ1) is 17.6. The van der Waals surface area contributed by atoms with Gasteiger partial charge in [-0.15, -0.1) is 0 Å². The van der Waals surface area contributed by atoms with Crippen LogP contribution in [0.15, 0.2) is 72.9 Å². The normalized spacial score (nSPS) is 18.2. The highest BCUT2D eigenvalue weighted by molar-refractivity contribution is 5.85. The third kappa shape index (κ3) is 6.70. The molecular formula is C29H34N4O3. The molecule has 7 heteroatoms. The van der Waals surface area contributed by atoms with Crippen molar-refractivity contribution in [2.75, 3.05) is 19.0 Å². The number of nitrogens with one attached hydrogen (secondary N) is 2. The molecule has 4 N–H and O–H groups in total. The summed E-state index contributed by atoms with van der Waals surface area (Å²) in [4.78, 5) is 29.4. The Hall–Kier alpha value is -3.71. The predicted molar refractivity (Wildman–Crippen MR) is 141 cm³/mol. The van der Waals surface area contributed by atoms with Gasteiger partial charge in [0.15, 0.2) is 0 Å². The summed E-state index contributed by atoms with van der Waals surface area (Å²) in [5, 5.41) is 5.96. The molecule has 0 radical (unpaired) electrons. The molecule has 1 atom stereocenters. The van der Waals surface area contributed by atoms with Crippen LogP contribution in [0.2, 0.25) is 0 Å². The highest BCUT2D eigenvalue weighted by Gasteiger charge is 2.28. The molecule has 0 saturated heterocycles. The molecular weight excluding hydrogens is 452 g/mol. The number of aromatic nitrogens is 1. The second-order valence-electron chi connectivity index (χ2n) is 9.37. The molecule has 0 unspecified atom stereocenters. The number of nitrogens with zero attached hydrogens (tertiary/aromatic N) is 1. The van der Waals surface area contributed by atoms with Crippen molar-refractivity contribution in [2.24, 2.45) is 17.6 Å². The first kappa shape index (κ1) is 25.4. The van der Waals surface area contributed by atoms with E-state index in [4.69, 9.17) is 5.73 Å². The van der Waals surface area contributed by atoms with Crippen LogP contribution in [-0.4, -0.2) is 30.6 Å². The van der Waals surface area contributed by atoms with Crippen LogP contribution < -0.4 is 16.4 Å². The van der Waals surface area contributed by atoms with Gasteiger partial charge < -0.3 is 15.8 Å². The number of nitrogens with two attached hydrogens (primary N) is 1. The van der Waals surface area contributed by atoms with Crippen molar-refractivity contribution < 1.29 is 14.3 Å². The zero-order valence-electron chi connectivity index (χ0n) is 20.7. The fraction of sp³-hybridized carbons (Fsp3) is 0.345. The summed E-state index contributed by atoms with van der Waals surface area (Å²) < 4.78 is 4.65. The number of methoxy groups -OCH3 is 1. The number of ether oxygens (including phenoxy) is 1. The number of pyridine rings is 1. The summed E-state index contributed by atoms with van der Waals surface area (Å²) in [5.74, 6) is 0.641. The lowest BCUT2D eigenvalue weighted by molar-refractivity contribution is -0.127. The molecule has 1 fully saturated rings. The van der Waals surface area contributed by atoms with Crippen LogP contribution in [0.4, 0.5) is 10.5 Å². The minimum atomic E-state index is -0.509. The van der Waals surface area contributed by atoms with Crippen molar-refractivity contribution in [1.82, 2.24) is 10.3 Å². The van der Waals surface area contributed by atoms with Crippen molar-refractivity contribution in [1.29, 1.82) is 0 Å². The second-order valence-corrected chi connectivity index (χ2v) is 9.37. The Morgan fingerprint density at radius 2 is 1.72 bits per heavy atom. The minimum Gasteiger partial charge on any atom is -0.453 e. The topological polar surface area (TPSA) is 106 Å². The number of carbonyl (C=O) groups is 2. The molecule has 0 aliphatic heterocycles. The molecule has 1 aliphatic carbocycles. The maximum Gasteiger partial charge on any atom is 0.411 e. The van der Waals surface area contributed by atoms with Gasteiger partial charge in [-0.3, -0.25) is 15.1 Å². The summed E-state index contributed by atoms with van der Waals surface area (Å²) in [6.07, 6.45) is 5.70. The maximum absolute atomic E-state index is 13.3. The van der Waals surface area contributed by atoms with Crippen LogP contribution in [-0.2, 0) is 16.0 Å². The van der Waals surface area contributed by atoms with E-state index in [0.29, 0.717) is 24.6 Å². The third-order valence-electron chi connectivity index (χ3n) is 6.94. The number of anilines is 1. The third-order valence-corrected chi connectivity index (χ3v) is 6.94. The van der Waals surface area contributed by atoms with E-state index >= 15 is 0 Å². The molecule has 0 spiro atoms. The number of rotatable bonds is 8. The Balaban J connectivity index is 1.54. The standard InChI is InChI=1S/C29H34N4O3/c1-36-29(35)32-25-13-11-22(12-14-25)24-15-16-31-26(18-24)27(17-20-5-3-2-4-6-20)33-28(34)23-9-7-21(19-30)8-10-23/h2-6,11-16,18,21,23,27H,7-10,17,19,30H2,1H3,(H,32,35)(H,33,34)/t21?,23?,27-/m0/s1. The van der Waals surface area contributed by atoms with Crippen LogP contribution in [0.1, 0.15) is 43.0 Å². The molecule has 1 saturated carbocycles. The fourth-order valence-electron chi connectivity index (χ4n) is 4.76. The molecule has 7 nitrogen and oxygen atoms in total. The smallest absolute Gasteiger partial charge is 0.411 e. The average molecular weight is 487 g/mol. The van der Waals surface area contributed by atoms with Gasteiger partial charge in [-0.05, 0) is 85.5 Å². The van der Waals surface area contributed by atoms with Gasteiger partial charge >= 0.3 is 6.09 Å². The number of carbonyl (C=O) groups excluding carboxylic acids is 2. The molecule has 3 aromatic rings. The van der Waals surface area contributed by atoms with Gasteiger partial charge in [0.1, 0.15) is 0 Å². The van der Waals surface area contributed by atoms with Crippen molar-refractivity contribution in [3.8, 4) is 11.1 Å². The number of hydrogen-bond donors (Lipinski definition) is 3. The van der Waals surface area contributed by atoms with E-state index in [1.807, 2.05) is 54.6 Å². The fourth-order valence-corrected chi connectivity index (χ4v) is 4.76. The van der Waals surface area contributed by atoms with Crippen LogP contribution in [0.25, 0.3) is 11.1 Å². The molecule has 2 amide bonds. The van der Waals surface area contributed by atoms with Gasteiger partial charge in [-0.25, -0.2) is 4.79 Å². The Morgan fingerprint density at radius 1 is 1.00 bits per heavy atom. The van der Waals surface area contributed by atoms with Crippen LogP contribution in [0.5, 0.6) is 0 Å². The monoisotopic (exact) mass is 486 g/mol. The van der Waals surface area contributed by atoms with Gasteiger partial charge in [0.25, 0.3) is 0 Å². The lowest BCUT2D eigenvalue weighted by atomic mass is 9.81. The van der Waals surface area contributed by atoms with Gasteiger partial charge in [0.2, 0.25) is 5.91 Å². The average Bonchev–Trinajstić information content (AvgIpc) is 2.93. The molecule has 1 heterocycles. The lowest BCUT2D eigenvalue weighted by Gasteiger charge is -2.28. The number of benzene rings is 2.